The minimum absolute atomic E-state index is 0.0267. The highest BCUT2D eigenvalue weighted by molar-refractivity contribution is 5.26. The first-order valence-electron chi connectivity index (χ1n) is 5.20. The molecular formula is C12H16FN. The van der Waals surface area contributed by atoms with Crippen LogP contribution in [0.15, 0.2) is 18.2 Å². The molecule has 1 aromatic carbocycles. The molecule has 1 nitrogen and oxygen atoms in total. The number of aryl methyl sites for hydroxylation is 1. The van der Waals surface area contributed by atoms with Crippen LogP contribution in [-0.2, 0) is 0 Å². The van der Waals surface area contributed by atoms with Gasteiger partial charge in [0.1, 0.15) is 5.82 Å². The Balaban J connectivity index is 2.18. The summed E-state index contributed by atoms with van der Waals surface area (Å²) < 4.78 is 13.3. The van der Waals surface area contributed by atoms with Crippen molar-refractivity contribution in [1.82, 2.24) is 0 Å². The highest BCUT2D eigenvalue weighted by Gasteiger charge is 2.25. The number of hydrogen-bond donors (Lipinski definition) is 1. The Bertz CT molecular complexity index is 331. The van der Waals surface area contributed by atoms with Gasteiger partial charge in [0.05, 0.1) is 0 Å². The maximum absolute atomic E-state index is 13.3. The molecule has 76 valence electrons. The van der Waals surface area contributed by atoms with Gasteiger partial charge < -0.3 is 5.73 Å². The molecule has 0 saturated heterocycles. The van der Waals surface area contributed by atoms with Crippen LogP contribution in [0.5, 0.6) is 0 Å². The molecule has 1 aliphatic rings. The van der Waals surface area contributed by atoms with Crippen molar-refractivity contribution in [2.75, 3.05) is 0 Å². The lowest BCUT2D eigenvalue weighted by atomic mass is 9.77. The molecule has 0 spiro atoms. The predicted molar refractivity (Wildman–Crippen MR) is 55.4 cm³/mol. The smallest absolute Gasteiger partial charge is 0.126 e. The highest BCUT2D eigenvalue weighted by atomic mass is 19.1. The lowest BCUT2D eigenvalue weighted by Gasteiger charge is -2.31. The first-order valence-corrected chi connectivity index (χ1v) is 5.20. The standard InChI is InChI=1S/C12H16FN/c1-8-5-6-10(7-11(8)13)12(14)9-3-2-4-9/h5-7,9,12H,2-4,14H2,1H3/t12-/m0/s1. The van der Waals surface area contributed by atoms with Gasteiger partial charge in [-0.3, -0.25) is 0 Å². The normalized spacial score (nSPS) is 19.1. The van der Waals surface area contributed by atoms with E-state index in [4.69, 9.17) is 5.73 Å². The van der Waals surface area contributed by atoms with Crippen molar-refractivity contribution in [3.05, 3.63) is 35.1 Å². The SMILES string of the molecule is Cc1ccc([C@@H](N)C2CCC2)cc1F. The molecule has 2 N–H and O–H groups in total. The number of benzene rings is 1. The zero-order chi connectivity index (χ0) is 10.1. The molecular weight excluding hydrogens is 177 g/mol. The summed E-state index contributed by atoms with van der Waals surface area (Å²) in [5, 5.41) is 0. The summed E-state index contributed by atoms with van der Waals surface area (Å²) in [6.07, 6.45) is 3.65. The van der Waals surface area contributed by atoms with Gasteiger partial charge in [0, 0.05) is 6.04 Å². The van der Waals surface area contributed by atoms with Crippen LogP contribution in [0.25, 0.3) is 0 Å². The van der Waals surface area contributed by atoms with Crippen LogP contribution in [0.2, 0.25) is 0 Å². The Kier molecular flexibility index (Phi) is 2.55. The number of halogens is 1. The predicted octanol–water partition coefficient (Wildman–Crippen LogP) is 2.93. The molecule has 1 atom stereocenters. The third-order valence-corrected chi connectivity index (χ3v) is 3.24. The van der Waals surface area contributed by atoms with Crippen molar-refractivity contribution in [1.29, 1.82) is 0 Å². The maximum Gasteiger partial charge on any atom is 0.126 e. The Morgan fingerprint density at radius 2 is 2.14 bits per heavy atom. The topological polar surface area (TPSA) is 26.0 Å². The number of nitrogens with two attached hydrogens (primary N) is 1. The second kappa shape index (κ2) is 3.70. The van der Waals surface area contributed by atoms with Gasteiger partial charge in [-0.15, -0.1) is 0 Å². The van der Waals surface area contributed by atoms with E-state index in [-0.39, 0.29) is 11.9 Å². The average molecular weight is 193 g/mol. The zero-order valence-electron chi connectivity index (χ0n) is 8.46. The number of hydrogen-bond acceptors (Lipinski definition) is 1. The van der Waals surface area contributed by atoms with Crippen molar-refractivity contribution in [2.24, 2.45) is 11.7 Å². The van der Waals surface area contributed by atoms with Gasteiger partial charge in [0.25, 0.3) is 0 Å². The van der Waals surface area contributed by atoms with Crippen LogP contribution in [0, 0.1) is 18.7 Å². The van der Waals surface area contributed by atoms with Crippen molar-refractivity contribution >= 4 is 0 Å². The van der Waals surface area contributed by atoms with Gasteiger partial charge in [-0.25, -0.2) is 4.39 Å². The first-order chi connectivity index (χ1) is 6.68. The number of rotatable bonds is 2. The van der Waals surface area contributed by atoms with E-state index < -0.39 is 0 Å². The van der Waals surface area contributed by atoms with Gasteiger partial charge in [-0.2, -0.15) is 0 Å². The van der Waals surface area contributed by atoms with E-state index in [9.17, 15) is 4.39 Å². The molecule has 0 amide bonds. The summed E-state index contributed by atoms with van der Waals surface area (Å²) in [6, 6.07) is 5.36. The summed E-state index contributed by atoms with van der Waals surface area (Å²) in [5.74, 6) is 0.425. The fourth-order valence-electron chi connectivity index (χ4n) is 1.89. The third kappa shape index (κ3) is 1.67. The minimum Gasteiger partial charge on any atom is -0.324 e. The van der Waals surface area contributed by atoms with Gasteiger partial charge in [-0.05, 0) is 42.9 Å². The highest BCUT2D eigenvalue weighted by Crippen LogP contribution is 2.36. The molecule has 1 aliphatic carbocycles. The van der Waals surface area contributed by atoms with Crippen LogP contribution in [-0.4, -0.2) is 0 Å². The molecule has 1 fully saturated rings. The van der Waals surface area contributed by atoms with Crippen molar-refractivity contribution in [3.63, 3.8) is 0 Å². The molecule has 0 aliphatic heterocycles. The van der Waals surface area contributed by atoms with E-state index in [2.05, 4.69) is 0 Å². The summed E-state index contributed by atoms with van der Waals surface area (Å²) in [5.41, 5.74) is 7.68. The van der Waals surface area contributed by atoms with Crippen LogP contribution >= 0.6 is 0 Å². The monoisotopic (exact) mass is 193 g/mol. The zero-order valence-corrected chi connectivity index (χ0v) is 8.46. The van der Waals surface area contributed by atoms with Crippen LogP contribution in [0.1, 0.15) is 36.4 Å². The Morgan fingerprint density at radius 1 is 1.43 bits per heavy atom. The third-order valence-electron chi connectivity index (χ3n) is 3.24. The van der Waals surface area contributed by atoms with Gasteiger partial charge in [-0.1, -0.05) is 18.6 Å². The molecule has 14 heavy (non-hydrogen) atoms. The van der Waals surface area contributed by atoms with Crippen molar-refractivity contribution in [2.45, 2.75) is 32.2 Å². The quantitative estimate of drug-likeness (QED) is 0.767. The summed E-state index contributed by atoms with van der Waals surface area (Å²) in [6.45, 7) is 1.77. The Morgan fingerprint density at radius 3 is 2.64 bits per heavy atom. The first kappa shape index (κ1) is 9.66. The van der Waals surface area contributed by atoms with Gasteiger partial charge in [0.15, 0.2) is 0 Å². The Labute approximate surface area is 84.1 Å². The van der Waals surface area contributed by atoms with E-state index in [1.165, 1.54) is 19.3 Å². The molecule has 0 aromatic heterocycles. The van der Waals surface area contributed by atoms with Crippen LogP contribution < -0.4 is 5.73 Å². The molecule has 0 unspecified atom stereocenters. The van der Waals surface area contributed by atoms with E-state index in [0.717, 1.165) is 5.56 Å². The van der Waals surface area contributed by atoms with Gasteiger partial charge in [0.2, 0.25) is 0 Å². The molecule has 2 rings (SSSR count). The molecule has 0 radical (unpaired) electrons. The van der Waals surface area contributed by atoms with Crippen LogP contribution in [0.3, 0.4) is 0 Å². The Hall–Kier alpha value is -0.890. The van der Waals surface area contributed by atoms with Crippen LogP contribution in [0.4, 0.5) is 4.39 Å². The van der Waals surface area contributed by atoms with E-state index >= 15 is 0 Å². The van der Waals surface area contributed by atoms with Gasteiger partial charge >= 0.3 is 0 Å². The fourth-order valence-corrected chi connectivity index (χ4v) is 1.89. The lowest BCUT2D eigenvalue weighted by Crippen LogP contribution is -2.26. The van der Waals surface area contributed by atoms with E-state index in [1.54, 1.807) is 13.0 Å². The van der Waals surface area contributed by atoms with E-state index in [0.29, 0.717) is 11.5 Å². The lowest BCUT2D eigenvalue weighted by molar-refractivity contribution is 0.264. The summed E-state index contributed by atoms with van der Waals surface area (Å²) in [7, 11) is 0. The van der Waals surface area contributed by atoms with Crippen molar-refractivity contribution in [3.8, 4) is 0 Å². The summed E-state index contributed by atoms with van der Waals surface area (Å²) >= 11 is 0. The second-order valence-electron chi connectivity index (χ2n) is 4.23. The summed E-state index contributed by atoms with van der Waals surface area (Å²) in [4.78, 5) is 0. The molecule has 0 bridgehead atoms. The van der Waals surface area contributed by atoms with Crippen molar-refractivity contribution < 1.29 is 4.39 Å². The maximum atomic E-state index is 13.3. The van der Waals surface area contributed by atoms with E-state index in [1.807, 2.05) is 12.1 Å². The minimum atomic E-state index is -0.141. The average Bonchev–Trinajstić information content (AvgIpc) is 2.06. The fraction of sp³-hybridized carbons (Fsp3) is 0.500. The second-order valence-corrected chi connectivity index (χ2v) is 4.23. The molecule has 1 saturated carbocycles. The largest absolute Gasteiger partial charge is 0.324 e. The molecule has 2 heteroatoms. The molecule has 0 heterocycles. The molecule has 1 aromatic rings.